The van der Waals surface area contributed by atoms with Gasteiger partial charge in [-0.2, -0.15) is 0 Å². The third-order valence-electron chi connectivity index (χ3n) is 4.24. The van der Waals surface area contributed by atoms with Gasteiger partial charge in [0.05, 0.1) is 0 Å². The molecule has 0 aliphatic carbocycles. The number of carboxylic acids is 1. The standard InChI is InChI=1S/C19H24N2O6/c1-12(2)10-14(18(24)25)20-17(23)15-8-9-16(22)21(15)19(26)27-11-13-6-4-3-5-7-13/h3-7,12,14-15H,8-11H2,1-2H3,(H,20,23)(H,24,25)/t14-,15+/m1/s1. The second kappa shape index (κ2) is 9.16. The molecule has 0 bridgehead atoms. The Kier molecular flexibility index (Phi) is 6.92. The zero-order valence-corrected chi connectivity index (χ0v) is 15.4. The SMILES string of the molecule is CC(C)C[C@@H](NC(=O)[C@@H]1CCC(=O)N1C(=O)OCc1ccccc1)C(=O)O. The van der Waals surface area contributed by atoms with Crippen molar-refractivity contribution in [1.29, 1.82) is 0 Å². The number of imide groups is 1. The number of carboxylic acid groups (broad SMARTS) is 1. The summed E-state index contributed by atoms with van der Waals surface area (Å²) in [7, 11) is 0. The largest absolute Gasteiger partial charge is 0.480 e. The smallest absolute Gasteiger partial charge is 0.417 e. The van der Waals surface area contributed by atoms with Crippen LogP contribution >= 0.6 is 0 Å². The molecule has 1 fully saturated rings. The molecule has 0 spiro atoms. The molecule has 0 saturated carbocycles. The van der Waals surface area contributed by atoms with Crippen LogP contribution in [0.5, 0.6) is 0 Å². The van der Waals surface area contributed by atoms with Crippen LogP contribution in [0.4, 0.5) is 4.79 Å². The van der Waals surface area contributed by atoms with Crippen molar-refractivity contribution in [3.05, 3.63) is 35.9 Å². The molecule has 2 rings (SSSR count). The molecule has 1 saturated heterocycles. The van der Waals surface area contributed by atoms with Gasteiger partial charge in [0.25, 0.3) is 0 Å². The number of ether oxygens (including phenoxy) is 1. The van der Waals surface area contributed by atoms with E-state index in [9.17, 15) is 24.3 Å². The second-order valence-corrected chi connectivity index (χ2v) is 6.89. The second-order valence-electron chi connectivity index (χ2n) is 6.89. The van der Waals surface area contributed by atoms with Crippen molar-refractivity contribution >= 4 is 23.9 Å². The Morgan fingerprint density at radius 1 is 1.26 bits per heavy atom. The van der Waals surface area contributed by atoms with Crippen molar-refractivity contribution in [2.45, 2.75) is 51.8 Å². The third-order valence-corrected chi connectivity index (χ3v) is 4.24. The number of hydrogen-bond acceptors (Lipinski definition) is 5. The quantitative estimate of drug-likeness (QED) is 0.752. The fourth-order valence-electron chi connectivity index (χ4n) is 2.91. The van der Waals surface area contributed by atoms with Gasteiger partial charge in [-0.25, -0.2) is 14.5 Å². The van der Waals surface area contributed by atoms with Gasteiger partial charge in [-0.15, -0.1) is 0 Å². The monoisotopic (exact) mass is 376 g/mol. The van der Waals surface area contributed by atoms with Crippen molar-refractivity contribution in [3.8, 4) is 0 Å². The number of likely N-dealkylation sites (tertiary alicyclic amines) is 1. The fraction of sp³-hybridized carbons (Fsp3) is 0.474. The summed E-state index contributed by atoms with van der Waals surface area (Å²) in [6.45, 7) is 3.66. The average molecular weight is 376 g/mol. The molecule has 1 aliphatic heterocycles. The van der Waals surface area contributed by atoms with Gasteiger partial charge in [-0.1, -0.05) is 44.2 Å². The normalized spacial score (nSPS) is 17.7. The number of amides is 3. The predicted molar refractivity (Wildman–Crippen MR) is 95.5 cm³/mol. The molecular weight excluding hydrogens is 352 g/mol. The lowest BCUT2D eigenvalue weighted by Gasteiger charge is -2.24. The van der Waals surface area contributed by atoms with E-state index in [0.29, 0.717) is 0 Å². The number of nitrogens with one attached hydrogen (secondary N) is 1. The molecule has 3 amide bonds. The maximum atomic E-state index is 12.5. The van der Waals surface area contributed by atoms with Crippen LogP contribution in [0.1, 0.15) is 38.7 Å². The van der Waals surface area contributed by atoms with Gasteiger partial charge < -0.3 is 15.2 Å². The Labute approximate surface area is 157 Å². The van der Waals surface area contributed by atoms with Crippen LogP contribution in [-0.2, 0) is 25.7 Å². The minimum atomic E-state index is -1.15. The first-order chi connectivity index (χ1) is 12.8. The zero-order chi connectivity index (χ0) is 20.0. The summed E-state index contributed by atoms with van der Waals surface area (Å²) in [5, 5.41) is 11.7. The molecule has 1 heterocycles. The summed E-state index contributed by atoms with van der Waals surface area (Å²) >= 11 is 0. The highest BCUT2D eigenvalue weighted by molar-refractivity contribution is 6.01. The number of benzene rings is 1. The van der Waals surface area contributed by atoms with Crippen molar-refractivity contribution in [2.75, 3.05) is 0 Å². The molecule has 0 unspecified atom stereocenters. The van der Waals surface area contributed by atoms with Crippen LogP contribution in [0, 0.1) is 5.92 Å². The van der Waals surface area contributed by atoms with E-state index in [1.54, 1.807) is 24.3 Å². The number of aliphatic carboxylic acids is 1. The van der Waals surface area contributed by atoms with Crippen molar-refractivity contribution in [2.24, 2.45) is 5.92 Å². The highest BCUT2D eigenvalue weighted by Gasteiger charge is 2.42. The first kappa shape index (κ1) is 20.4. The summed E-state index contributed by atoms with van der Waals surface area (Å²) < 4.78 is 5.15. The Hall–Kier alpha value is -2.90. The van der Waals surface area contributed by atoms with Crippen LogP contribution in [-0.4, -0.2) is 46.0 Å². The van der Waals surface area contributed by atoms with Crippen LogP contribution in [0.15, 0.2) is 30.3 Å². The maximum absolute atomic E-state index is 12.5. The van der Waals surface area contributed by atoms with Gasteiger partial charge in [0.1, 0.15) is 18.7 Å². The van der Waals surface area contributed by atoms with E-state index in [2.05, 4.69) is 5.32 Å². The van der Waals surface area contributed by atoms with Crippen LogP contribution < -0.4 is 5.32 Å². The topological polar surface area (TPSA) is 113 Å². The van der Waals surface area contributed by atoms with E-state index in [1.165, 1.54) is 0 Å². The molecule has 8 heteroatoms. The van der Waals surface area contributed by atoms with E-state index in [1.807, 2.05) is 19.9 Å². The van der Waals surface area contributed by atoms with Crippen LogP contribution in [0.25, 0.3) is 0 Å². The summed E-state index contributed by atoms with van der Waals surface area (Å²) in [5.41, 5.74) is 0.751. The van der Waals surface area contributed by atoms with E-state index in [4.69, 9.17) is 4.74 Å². The summed E-state index contributed by atoms with van der Waals surface area (Å²) in [6, 6.07) is 6.82. The van der Waals surface area contributed by atoms with Crippen molar-refractivity contribution in [1.82, 2.24) is 10.2 Å². The van der Waals surface area contributed by atoms with E-state index in [0.717, 1.165) is 10.5 Å². The summed E-state index contributed by atoms with van der Waals surface area (Å²) in [6.07, 6.45) is -0.489. The van der Waals surface area contributed by atoms with Gasteiger partial charge in [-0.3, -0.25) is 9.59 Å². The molecule has 1 aromatic rings. The molecule has 0 radical (unpaired) electrons. The fourth-order valence-corrected chi connectivity index (χ4v) is 2.91. The van der Waals surface area contributed by atoms with Crippen LogP contribution in [0.3, 0.4) is 0 Å². The Balaban J connectivity index is 2.02. The van der Waals surface area contributed by atoms with E-state index in [-0.39, 0.29) is 31.8 Å². The average Bonchev–Trinajstić information content (AvgIpc) is 3.01. The molecule has 1 aliphatic rings. The molecule has 2 N–H and O–H groups in total. The van der Waals surface area contributed by atoms with Gasteiger partial charge >= 0.3 is 12.1 Å². The molecule has 8 nitrogen and oxygen atoms in total. The minimum Gasteiger partial charge on any atom is -0.480 e. The number of carbonyl (C=O) groups excluding carboxylic acids is 3. The van der Waals surface area contributed by atoms with Crippen molar-refractivity contribution in [3.63, 3.8) is 0 Å². The Morgan fingerprint density at radius 2 is 1.93 bits per heavy atom. The lowest BCUT2D eigenvalue weighted by atomic mass is 10.0. The molecule has 146 valence electrons. The molecular formula is C19H24N2O6. The molecule has 0 aromatic heterocycles. The Bertz CT molecular complexity index is 703. The highest BCUT2D eigenvalue weighted by atomic mass is 16.6. The Morgan fingerprint density at radius 3 is 2.52 bits per heavy atom. The van der Waals surface area contributed by atoms with Gasteiger partial charge in [0.15, 0.2) is 0 Å². The zero-order valence-electron chi connectivity index (χ0n) is 15.4. The van der Waals surface area contributed by atoms with Gasteiger partial charge in [0.2, 0.25) is 11.8 Å². The summed E-state index contributed by atoms with van der Waals surface area (Å²) in [5.74, 6) is -2.27. The molecule has 1 aromatic carbocycles. The van der Waals surface area contributed by atoms with Gasteiger partial charge in [-0.05, 0) is 24.3 Å². The lowest BCUT2D eigenvalue weighted by molar-refractivity contribution is -0.143. The first-order valence-electron chi connectivity index (χ1n) is 8.85. The first-order valence-corrected chi connectivity index (χ1v) is 8.85. The maximum Gasteiger partial charge on any atom is 0.417 e. The third kappa shape index (κ3) is 5.54. The predicted octanol–water partition coefficient (Wildman–Crippen LogP) is 1.93. The lowest BCUT2D eigenvalue weighted by Crippen LogP contribution is -2.52. The molecule has 2 atom stereocenters. The number of carbonyl (C=O) groups is 4. The van der Waals surface area contributed by atoms with Gasteiger partial charge in [0, 0.05) is 6.42 Å². The number of nitrogens with zero attached hydrogens (tertiary/aromatic N) is 1. The van der Waals surface area contributed by atoms with E-state index < -0.39 is 36.0 Å². The minimum absolute atomic E-state index is 0.0249. The highest BCUT2D eigenvalue weighted by Crippen LogP contribution is 2.21. The number of hydrogen-bond donors (Lipinski definition) is 2. The summed E-state index contributed by atoms with van der Waals surface area (Å²) in [4.78, 5) is 49.0. The van der Waals surface area contributed by atoms with E-state index >= 15 is 0 Å². The van der Waals surface area contributed by atoms with Crippen molar-refractivity contribution < 1.29 is 29.0 Å². The van der Waals surface area contributed by atoms with Crippen LogP contribution in [0.2, 0.25) is 0 Å². The number of rotatable bonds is 7. The molecule has 27 heavy (non-hydrogen) atoms.